The van der Waals surface area contributed by atoms with Crippen molar-refractivity contribution in [1.82, 2.24) is 5.32 Å². The Morgan fingerprint density at radius 1 is 0.524 bits per heavy atom. The first-order chi connectivity index (χ1) is 20.8. The van der Waals surface area contributed by atoms with Gasteiger partial charge >= 0.3 is 6.09 Å². The van der Waals surface area contributed by atoms with Gasteiger partial charge in [-0.25, -0.2) is 4.79 Å². The van der Waals surface area contributed by atoms with E-state index in [1.54, 1.807) is 0 Å². The van der Waals surface area contributed by atoms with Crippen molar-refractivity contribution < 1.29 is 28.5 Å². The number of benzene rings is 4. The molecule has 0 radical (unpaired) electrons. The minimum atomic E-state index is -0.755. The van der Waals surface area contributed by atoms with Gasteiger partial charge < -0.3 is 29.0 Å². The number of carbonyl (C=O) groups excluding carboxylic acids is 1. The molecule has 0 spiro atoms. The summed E-state index contributed by atoms with van der Waals surface area (Å²) in [6.07, 6.45) is -0.464. The molecule has 0 atom stereocenters. The monoisotopic (exact) mass is 569 g/mol. The highest BCUT2D eigenvalue weighted by Crippen LogP contribution is 2.40. The SMILES string of the molecule is O=C(NCCOCCOCCOCCOC(c1ccccc1)(c1ccccc1)c1ccccc1)OCc1ccccc1. The molecule has 42 heavy (non-hydrogen) atoms. The van der Waals surface area contributed by atoms with Crippen molar-refractivity contribution in [1.29, 1.82) is 0 Å². The summed E-state index contributed by atoms with van der Waals surface area (Å²) < 4.78 is 28.8. The van der Waals surface area contributed by atoms with Crippen molar-refractivity contribution in [3.05, 3.63) is 144 Å². The van der Waals surface area contributed by atoms with Gasteiger partial charge in [0, 0.05) is 6.54 Å². The quantitative estimate of drug-likeness (QED) is 0.118. The number of carbonyl (C=O) groups is 1. The van der Waals surface area contributed by atoms with Gasteiger partial charge in [-0.05, 0) is 22.3 Å². The van der Waals surface area contributed by atoms with Crippen molar-refractivity contribution in [3.8, 4) is 0 Å². The third kappa shape index (κ3) is 9.53. The van der Waals surface area contributed by atoms with E-state index in [1.165, 1.54) is 0 Å². The van der Waals surface area contributed by atoms with Gasteiger partial charge in [-0.2, -0.15) is 0 Å². The summed E-state index contributed by atoms with van der Waals surface area (Å²) >= 11 is 0. The molecule has 220 valence electrons. The van der Waals surface area contributed by atoms with Crippen LogP contribution in [0.3, 0.4) is 0 Å². The molecule has 0 fully saturated rings. The lowest BCUT2D eigenvalue weighted by Gasteiger charge is -2.36. The minimum absolute atomic E-state index is 0.240. The molecule has 4 aromatic carbocycles. The van der Waals surface area contributed by atoms with E-state index >= 15 is 0 Å². The molecule has 0 aliphatic heterocycles. The molecular formula is C35H39NO6. The van der Waals surface area contributed by atoms with E-state index in [4.69, 9.17) is 23.7 Å². The van der Waals surface area contributed by atoms with Crippen LogP contribution in [-0.2, 0) is 35.9 Å². The molecule has 0 bridgehead atoms. The van der Waals surface area contributed by atoms with E-state index in [2.05, 4.69) is 41.7 Å². The van der Waals surface area contributed by atoms with Gasteiger partial charge in [0.25, 0.3) is 0 Å². The Morgan fingerprint density at radius 3 is 1.40 bits per heavy atom. The topological polar surface area (TPSA) is 75.3 Å². The Morgan fingerprint density at radius 2 is 0.929 bits per heavy atom. The van der Waals surface area contributed by atoms with E-state index in [-0.39, 0.29) is 6.61 Å². The van der Waals surface area contributed by atoms with Crippen LogP contribution in [0.4, 0.5) is 4.79 Å². The third-order valence-corrected chi connectivity index (χ3v) is 6.56. The van der Waals surface area contributed by atoms with Crippen molar-refractivity contribution in [2.24, 2.45) is 0 Å². The van der Waals surface area contributed by atoms with Crippen LogP contribution in [0.15, 0.2) is 121 Å². The Labute approximate surface area is 248 Å². The molecule has 1 amide bonds. The molecule has 7 nitrogen and oxygen atoms in total. The highest BCUT2D eigenvalue weighted by molar-refractivity contribution is 5.67. The van der Waals surface area contributed by atoms with E-state index in [9.17, 15) is 4.79 Å². The predicted octanol–water partition coefficient (Wildman–Crippen LogP) is 5.97. The molecule has 1 N–H and O–H groups in total. The zero-order valence-electron chi connectivity index (χ0n) is 23.9. The number of hydrogen-bond acceptors (Lipinski definition) is 6. The lowest BCUT2D eigenvalue weighted by molar-refractivity contribution is -0.0367. The van der Waals surface area contributed by atoms with Crippen molar-refractivity contribution in [2.75, 3.05) is 52.8 Å². The van der Waals surface area contributed by atoms with E-state index in [1.807, 2.05) is 84.9 Å². The molecule has 4 rings (SSSR count). The van der Waals surface area contributed by atoms with Crippen LogP contribution in [0.1, 0.15) is 22.3 Å². The third-order valence-electron chi connectivity index (χ3n) is 6.56. The number of amides is 1. The molecule has 7 heteroatoms. The molecule has 0 unspecified atom stereocenters. The fraction of sp³-hybridized carbons (Fsp3) is 0.286. The average Bonchev–Trinajstić information content (AvgIpc) is 3.06. The van der Waals surface area contributed by atoms with Crippen LogP contribution < -0.4 is 5.32 Å². The zero-order chi connectivity index (χ0) is 29.1. The minimum Gasteiger partial charge on any atom is -0.445 e. The number of nitrogens with one attached hydrogen (secondary N) is 1. The lowest BCUT2D eigenvalue weighted by atomic mass is 9.80. The molecule has 0 saturated heterocycles. The summed E-state index contributed by atoms with van der Waals surface area (Å²) in [5.74, 6) is 0. The number of ether oxygens (including phenoxy) is 5. The summed E-state index contributed by atoms with van der Waals surface area (Å²) in [6.45, 7) is 3.60. The first kappa shape index (κ1) is 30.9. The molecule has 0 saturated carbocycles. The maximum Gasteiger partial charge on any atom is 0.407 e. The molecule has 4 aromatic rings. The van der Waals surface area contributed by atoms with Crippen LogP contribution >= 0.6 is 0 Å². The van der Waals surface area contributed by atoms with Gasteiger partial charge in [-0.3, -0.25) is 0 Å². The zero-order valence-corrected chi connectivity index (χ0v) is 23.9. The summed E-state index contributed by atoms with van der Waals surface area (Å²) in [6, 6.07) is 40.4. The van der Waals surface area contributed by atoms with E-state index < -0.39 is 11.7 Å². The van der Waals surface area contributed by atoms with Crippen LogP contribution in [0.2, 0.25) is 0 Å². The van der Waals surface area contributed by atoms with Gasteiger partial charge in [0.15, 0.2) is 0 Å². The van der Waals surface area contributed by atoms with E-state index in [0.717, 1.165) is 22.3 Å². The average molecular weight is 570 g/mol. The van der Waals surface area contributed by atoms with Gasteiger partial charge in [0.05, 0.1) is 46.2 Å². The molecule has 0 heterocycles. The maximum absolute atomic E-state index is 11.7. The number of hydrogen-bond donors (Lipinski definition) is 1. The van der Waals surface area contributed by atoms with Crippen LogP contribution in [-0.4, -0.2) is 58.9 Å². The second-order valence-corrected chi connectivity index (χ2v) is 9.45. The van der Waals surface area contributed by atoms with Gasteiger partial charge in [-0.1, -0.05) is 121 Å². The Hall–Kier alpha value is -4.01. The summed E-state index contributed by atoms with van der Waals surface area (Å²) in [4.78, 5) is 11.7. The van der Waals surface area contributed by atoms with Gasteiger partial charge in [0.1, 0.15) is 12.2 Å². The standard InChI is InChI=1S/C35H39NO6/c37-34(41-29-30-13-5-1-6-14-30)36-21-22-38-23-24-39-25-26-40-27-28-42-35(31-15-7-2-8-16-31,32-17-9-3-10-18-32)33-19-11-4-12-20-33/h1-20H,21-29H2,(H,36,37). The lowest BCUT2D eigenvalue weighted by Crippen LogP contribution is -2.34. The second kappa shape index (κ2) is 17.7. The number of rotatable bonds is 18. The van der Waals surface area contributed by atoms with Crippen LogP contribution in [0.5, 0.6) is 0 Å². The molecule has 0 aromatic heterocycles. The number of alkyl carbamates (subject to hydrolysis) is 1. The highest BCUT2D eigenvalue weighted by atomic mass is 16.6. The Kier molecular flexibility index (Phi) is 13.1. The van der Waals surface area contributed by atoms with Crippen LogP contribution in [0, 0.1) is 0 Å². The van der Waals surface area contributed by atoms with Crippen molar-refractivity contribution in [2.45, 2.75) is 12.2 Å². The maximum atomic E-state index is 11.7. The summed E-state index contributed by atoms with van der Waals surface area (Å²) in [5, 5.41) is 2.67. The molecule has 0 aliphatic carbocycles. The fourth-order valence-corrected chi connectivity index (χ4v) is 4.56. The normalized spacial score (nSPS) is 11.2. The van der Waals surface area contributed by atoms with Gasteiger partial charge in [0.2, 0.25) is 0 Å². The van der Waals surface area contributed by atoms with Crippen molar-refractivity contribution in [3.63, 3.8) is 0 Å². The van der Waals surface area contributed by atoms with Gasteiger partial charge in [-0.15, -0.1) is 0 Å². The first-order valence-electron chi connectivity index (χ1n) is 14.3. The Bertz CT molecular complexity index is 1180. The molecule has 0 aliphatic rings. The fourth-order valence-electron chi connectivity index (χ4n) is 4.56. The second-order valence-electron chi connectivity index (χ2n) is 9.45. The van der Waals surface area contributed by atoms with Crippen LogP contribution in [0.25, 0.3) is 0 Å². The van der Waals surface area contributed by atoms with Crippen molar-refractivity contribution >= 4 is 6.09 Å². The van der Waals surface area contributed by atoms with E-state index in [0.29, 0.717) is 52.8 Å². The largest absolute Gasteiger partial charge is 0.445 e. The molecular weight excluding hydrogens is 530 g/mol. The predicted molar refractivity (Wildman–Crippen MR) is 162 cm³/mol. The smallest absolute Gasteiger partial charge is 0.407 e. The summed E-state index contributed by atoms with van der Waals surface area (Å²) in [5.41, 5.74) is 3.37. The Balaban J connectivity index is 1.11. The first-order valence-corrected chi connectivity index (χ1v) is 14.3. The summed E-state index contributed by atoms with van der Waals surface area (Å²) in [7, 11) is 0. The highest BCUT2D eigenvalue weighted by Gasteiger charge is 2.37.